The fourth-order valence-corrected chi connectivity index (χ4v) is 5.55. The minimum atomic E-state index is -3.36. The Morgan fingerprint density at radius 2 is 2.14 bits per heavy atom. The number of hydrogen-bond acceptors (Lipinski definition) is 4. The van der Waals surface area contributed by atoms with E-state index >= 15 is 0 Å². The Bertz CT molecular complexity index is 566. The Labute approximate surface area is 132 Å². The van der Waals surface area contributed by atoms with Gasteiger partial charge in [-0.15, -0.1) is 11.3 Å². The molecule has 0 aromatic carbocycles. The van der Waals surface area contributed by atoms with Crippen LogP contribution in [0, 0.1) is 18.8 Å². The lowest BCUT2D eigenvalue weighted by molar-refractivity contribution is 0.414. The predicted octanol–water partition coefficient (Wildman–Crippen LogP) is 2.88. The van der Waals surface area contributed by atoms with E-state index in [1.54, 1.807) is 6.07 Å². The van der Waals surface area contributed by atoms with Crippen LogP contribution >= 0.6 is 11.3 Å². The fraction of sp³-hybridized carbons (Fsp3) is 0.733. The summed E-state index contributed by atoms with van der Waals surface area (Å²) >= 11 is 1.38. The lowest BCUT2D eigenvalue weighted by atomic mass is 9.99. The maximum Gasteiger partial charge on any atom is 0.250 e. The number of rotatable bonds is 7. The molecule has 2 N–H and O–H groups in total. The maximum atomic E-state index is 12.4. The van der Waals surface area contributed by atoms with Gasteiger partial charge in [-0.05, 0) is 43.4 Å². The molecule has 2 atom stereocenters. The smallest absolute Gasteiger partial charge is 0.250 e. The third-order valence-electron chi connectivity index (χ3n) is 4.37. The van der Waals surface area contributed by atoms with Crippen molar-refractivity contribution in [3.8, 4) is 0 Å². The minimum Gasteiger partial charge on any atom is -0.312 e. The number of aryl methyl sites for hydroxylation is 1. The standard InChI is InChI=1S/C15H26N2O2S2/c1-4-16-10-14-12(3)8-15(20-14)21(18,19)17-9-13-7-5-6-11(13)2/h8,11,13,16-17H,4-7,9-10H2,1-3H3. The second-order valence-electron chi connectivity index (χ2n) is 5.97. The average Bonchev–Trinajstić information content (AvgIpc) is 3.01. The van der Waals surface area contributed by atoms with E-state index in [-0.39, 0.29) is 0 Å². The van der Waals surface area contributed by atoms with Crippen LogP contribution in [0.3, 0.4) is 0 Å². The van der Waals surface area contributed by atoms with Crippen LogP contribution in [0.4, 0.5) is 0 Å². The van der Waals surface area contributed by atoms with Gasteiger partial charge in [0, 0.05) is 18.0 Å². The van der Waals surface area contributed by atoms with Gasteiger partial charge in [0.15, 0.2) is 0 Å². The Hall–Kier alpha value is -0.430. The summed E-state index contributed by atoms with van der Waals surface area (Å²) in [4.78, 5) is 1.10. The molecule has 120 valence electrons. The number of hydrogen-bond donors (Lipinski definition) is 2. The van der Waals surface area contributed by atoms with Crippen molar-refractivity contribution in [1.29, 1.82) is 0 Å². The molecule has 1 heterocycles. The fourth-order valence-electron chi connectivity index (χ4n) is 2.85. The summed E-state index contributed by atoms with van der Waals surface area (Å²) in [5.74, 6) is 1.11. The number of sulfonamides is 1. The van der Waals surface area contributed by atoms with Crippen molar-refractivity contribution < 1.29 is 8.42 Å². The molecule has 2 unspecified atom stereocenters. The lowest BCUT2D eigenvalue weighted by Crippen LogP contribution is -2.29. The van der Waals surface area contributed by atoms with Gasteiger partial charge < -0.3 is 5.32 Å². The van der Waals surface area contributed by atoms with E-state index < -0.39 is 10.0 Å². The molecular weight excluding hydrogens is 304 g/mol. The summed E-state index contributed by atoms with van der Waals surface area (Å²) in [7, 11) is -3.36. The van der Waals surface area contributed by atoms with Gasteiger partial charge in [-0.25, -0.2) is 13.1 Å². The second-order valence-corrected chi connectivity index (χ2v) is 9.10. The molecule has 1 aromatic rings. The molecule has 0 amide bonds. The first-order chi connectivity index (χ1) is 9.94. The van der Waals surface area contributed by atoms with Gasteiger partial charge in [0.05, 0.1) is 0 Å². The molecule has 1 saturated carbocycles. The molecule has 0 radical (unpaired) electrons. The van der Waals surface area contributed by atoms with Crippen LogP contribution < -0.4 is 10.0 Å². The number of nitrogens with one attached hydrogen (secondary N) is 2. The zero-order chi connectivity index (χ0) is 15.5. The Morgan fingerprint density at radius 3 is 2.76 bits per heavy atom. The van der Waals surface area contributed by atoms with E-state index in [0.717, 1.165) is 30.0 Å². The average molecular weight is 331 g/mol. The van der Waals surface area contributed by atoms with Gasteiger partial charge in [0.25, 0.3) is 0 Å². The minimum absolute atomic E-state index is 0.443. The SMILES string of the molecule is CCNCc1sc(S(=O)(=O)NCC2CCCC2C)cc1C. The first-order valence-corrected chi connectivity index (χ1v) is 10.0. The highest BCUT2D eigenvalue weighted by Crippen LogP contribution is 2.31. The summed E-state index contributed by atoms with van der Waals surface area (Å²) < 4.78 is 28.1. The molecule has 1 aliphatic carbocycles. The van der Waals surface area contributed by atoms with Gasteiger partial charge in [0.1, 0.15) is 4.21 Å². The maximum absolute atomic E-state index is 12.4. The highest BCUT2D eigenvalue weighted by Gasteiger charge is 2.26. The molecular formula is C15H26N2O2S2. The van der Waals surface area contributed by atoms with Crippen molar-refractivity contribution in [1.82, 2.24) is 10.0 Å². The van der Waals surface area contributed by atoms with Crippen LogP contribution in [0.15, 0.2) is 10.3 Å². The molecule has 2 rings (SSSR count). The first kappa shape index (κ1) is 16.9. The topological polar surface area (TPSA) is 58.2 Å². The lowest BCUT2D eigenvalue weighted by Gasteiger charge is -2.15. The van der Waals surface area contributed by atoms with Crippen molar-refractivity contribution in [3.05, 3.63) is 16.5 Å². The van der Waals surface area contributed by atoms with Gasteiger partial charge in [-0.3, -0.25) is 0 Å². The third kappa shape index (κ3) is 4.28. The molecule has 1 aromatic heterocycles. The quantitative estimate of drug-likeness (QED) is 0.808. The van der Waals surface area contributed by atoms with Gasteiger partial charge in [-0.2, -0.15) is 0 Å². The zero-order valence-electron chi connectivity index (χ0n) is 13.1. The summed E-state index contributed by atoms with van der Waals surface area (Å²) in [6.07, 6.45) is 3.58. The Balaban J connectivity index is 2.01. The van der Waals surface area contributed by atoms with Crippen molar-refractivity contribution in [2.45, 2.75) is 50.8 Å². The van der Waals surface area contributed by atoms with Crippen LogP contribution in [-0.4, -0.2) is 21.5 Å². The summed E-state index contributed by atoms with van der Waals surface area (Å²) in [6.45, 7) is 8.43. The van der Waals surface area contributed by atoms with Crippen LogP contribution in [0.5, 0.6) is 0 Å². The van der Waals surface area contributed by atoms with E-state index in [1.807, 2.05) is 13.8 Å². The molecule has 1 fully saturated rings. The van der Waals surface area contributed by atoms with Gasteiger partial charge in [-0.1, -0.05) is 26.7 Å². The molecule has 0 spiro atoms. The largest absolute Gasteiger partial charge is 0.312 e. The van der Waals surface area contributed by atoms with E-state index in [4.69, 9.17) is 0 Å². The Morgan fingerprint density at radius 1 is 1.38 bits per heavy atom. The van der Waals surface area contributed by atoms with Crippen LogP contribution in [0.25, 0.3) is 0 Å². The number of thiophene rings is 1. The molecule has 4 nitrogen and oxygen atoms in total. The molecule has 21 heavy (non-hydrogen) atoms. The van der Waals surface area contributed by atoms with Crippen LogP contribution in [-0.2, 0) is 16.6 Å². The molecule has 6 heteroatoms. The van der Waals surface area contributed by atoms with E-state index in [2.05, 4.69) is 17.0 Å². The monoisotopic (exact) mass is 330 g/mol. The Kier molecular flexibility index (Phi) is 5.82. The van der Waals surface area contributed by atoms with Crippen LogP contribution in [0.1, 0.15) is 43.6 Å². The highest BCUT2D eigenvalue weighted by atomic mass is 32.2. The second kappa shape index (κ2) is 7.22. The summed E-state index contributed by atoms with van der Waals surface area (Å²) in [6, 6.07) is 1.79. The highest BCUT2D eigenvalue weighted by molar-refractivity contribution is 7.91. The molecule has 1 aliphatic rings. The van der Waals surface area contributed by atoms with Crippen LogP contribution in [0.2, 0.25) is 0 Å². The van der Waals surface area contributed by atoms with E-state index in [0.29, 0.717) is 22.6 Å². The van der Waals surface area contributed by atoms with Crippen molar-refractivity contribution in [2.24, 2.45) is 11.8 Å². The van der Waals surface area contributed by atoms with Crippen molar-refractivity contribution in [3.63, 3.8) is 0 Å². The summed E-state index contributed by atoms with van der Waals surface area (Å²) in [5, 5.41) is 3.25. The molecule has 0 saturated heterocycles. The van der Waals surface area contributed by atoms with Gasteiger partial charge in [0.2, 0.25) is 10.0 Å². The van der Waals surface area contributed by atoms with Gasteiger partial charge >= 0.3 is 0 Å². The normalized spacial score (nSPS) is 22.8. The molecule has 0 bridgehead atoms. The zero-order valence-corrected chi connectivity index (χ0v) is 14.7. The first-order valence-electron chi connectivity index (χ1n) is 7.73. The molecule has 0 aliphatic heterocycles. The van der Waals surface area contributed by atoms with E-state index in [9.17, 15) is 8.42 Å². The predicted molar refractivity (Wildman–Crippen MR) is 88.1 cm³/mol. The van der Waals surface area contributed by atoms with Crippen molar-refractivity contribution >= 4 is 21.4 Å². The van der Waals surface area contributed by atoms with E-state index in [1.165, 1.54) is 24.2 Å². The third-order valence-corrected chi connectivity index (χ3v) is 7.51. The summed E-state index contributed by atoms with van der Waals surface area (Å²) in [5.41, 5.74) is 1.05. The van der Waals surface area contributed by atoms with Crippen molar-refractivity contribution in [2.75, 3.05) is 13.1 Å².